The molecule has 0 unspecified atom stereocenters. The lowest BCUT2D eigenvalue weighted by Gasteiger charge is -2.12. The molecule has 2 heterocycles. The number of halogens is 3. The smallest absolute Gasteiger partial charge is 0.144 e. The summed E-state index contributed by atoms with van der Waals surface area (Å²) in [4.78, 5) is 4.33. The van der Waals surface area contributed by atoms with E-state index in [0.29, 0.717) is 32.9 Å². The summed E-state index contributed by atoms with van der Waals surface area (Å²) in [5.74, 6) is 0.661. The van der Waals surface area contributed by atoms with Gasteiger partial charge >= 0.3 is 0 Å². The van der Waals surface area contributed by atoms with Crippen molar-refractivity contribution >= 4 is 73.4 Å². The number of aryl methyl sites for hydroxylation is 1. The highest BCUT2D eigenvalue weighted by molar-refractivity contribution is 9.10. The van der Waals surface area contributed by atoms with Gasteiger partial charge in [-0.3, -0.25) is 0 Å². The van der Waals surface area contributed by atoms with Crippen LogP contribution in [0.4, 0.5) is 22.9 Å². The molecule has 0 saturated heterocycles. The first-order chi connectivity index (χ1) is 9.56. The molecule has 0 radical (unpaired) electrons. The molecular formula is C12H7BrCl2N4S. The molecule has 1 aromatic carbocycles. The zero-order valence-electron chi connectivity index (χ0n) is 10.1. The molecule has 3 rings (SSSR count). The third-order valence-corrected chi connectivity index (χ3v) is 4.38. The van der Waals surface area contributed by atoms with Crippen molar-refractivity contribution in [2.45, 2.75) is 6.92 Å². The van der Waals surface area contributed by atoms with Crippen molar-refractivity contribution in [1.82, 2.24) is 4.98 Å². The summed E-state index contributed by atoms with van der Waals surface area (Å²) < 4.78 is 9.25. The number of anilines is 2. The fourth-order valence-electron chi connectivity index (χ4n) is 1.74. The highest BCUT2D eigenvalue weighted by Gasteiger charge is 2.19. The number of nitrogens with one attached hydrogen (secondary N) is 1. The van der Waals surface area contributed by atoms with E-state index in [-0.39, 0.29) is 0 Å². The van der Waals surface area contributed by atoms with Crippen LogP contribution in [0.5, 0.6) is 0 Å². The average Bonchev–Trinajstić information content (AvgIpc) is 2.86. The maximum Gasteiger partial charge on any atom is 0.144 e. The predicted molar refractivity (Wildman–Crippen MR) is 88.0 cm³/mol. The van der Waals surface area contributed by atoms with Crippen LogP contribution in [0, 0.1) is 6.92 Å². The molecule has 0 spiro atoms. The molecule has 2 aromatic rings. The van der Waals surface area contributed by atoms with Crippen LogP contribution in [0.1, 0.15) is 5.56 Å². The fraction of sp³-hybridized carbons (Fsp3) is 0.0833. The predicted octanol–water partition coefficient (Wildman–Crippen LogP) is 5.93. The largest absolute Gasteiger partial charge is 0.336 e. The van der Waals surface area contributed by atoms with E-state index < -0.39 is 0 Å². The molecule has 1 N–H and O–H groups in total. The molecule has 1 aromatic heterocycles. The van der Waals surface area contributed by atoms with Crippen LogP contribution >= 0.6 is 39.1 Å². The summed E-state index contributed by atoms with van der Waals surface area (Å²) >= 11 is 16.9. The van der Waals surface area contributed by atoms with Gasteiger partial charge < -0.3 is 5.32 Å². The Bertz CT molecular complexity index is 788. The SMILES string of the molecule is Cc1cnc(Nc2c(Cl)cc(Cl)c3c2N=S=N3)c(Br)c1. The Kier molecular flexibility index (Phi) is 3.81. The number of rotatable bonds is 2. The third kappa shape index (κ3) is 2.48. The van der Waals surface area contributed by atoms with E-state index in [9.17, 15) is 0 Å². The van der Waals surface area contributed by atoms with E-state index in [4.69, 9.17) is 23.2 Å². The zero-order chi connectivity index (χ0) is 14.3. The summed E-state index contributed by atoms with van der Waals surface area (Å²) in [5.41, 5.74) is 2.98. The van der Waals surface area contributed by atoms with Crippen LogP contribution in [0.25, 0.3) is 0 Å². The Morgan fingerprint density at radius 3 is 2.65 bits per heavy atom. The maximum atomic E-state index is 6.25. The van der Waals surface area contributed by atoms with Gasteiger partial charge in [-0.1, -0.05) is 23.2 Å². The van der Waals surface area contributed by atoms with Gasteiger partial charge in [0, 0.05) is 6.20 Å². The van der Waals surface area contributed by atoms with Crippen LogP contribution in [0.3, 0.4) is 0 Å². The second kappa shape index (κ2) is 5.44. The number of hydrogen-bond donors (Lipinski definition) is 1. The van der Waals surface area contributed by atoms with Crippen molar-refractivity contribution in [3.8, 4) is 0 Å². The summed E-state index contributed by atoms with van der Waals surface area (Å²) in [7, 11) is 0. The molecule has 0 amide bonds. The molecule has 20 heavy (non-hydrogen) atoms. The van der Waals surface area contributed by atoms with Crippen LogP contribution in [0.15, 0.2) is 31.5 Å². The minimum Gasteiger partial charge on any atom is -0.336 e. The molecule has 0 bridgehead atoms. The molecule has 0 aliphatic carbocycles. The number of pyridine rings is 1. The standard InChI is InChI=1S/C12H7BrCl2N4S/c1-5-2-6(13)12(16-4-5)17-9-7(14)3-8(15)10-11(9)19-20-18-10/h2-4H,1H3,(H,16,17). The van der Waals surface area contributed by atoms with Gasteiger partial charge in [0.2, 0.25) is 0 Å². The van der Waals surface area contributed by atoms with Crippen LogP contribution < -0.4 is 5.32 Å². The van der Waals surface area contributed by atoms with Crippen molar-refractivity contribution in [3.05, 3.63) is 38.4 Å². The molecular weight excluding hydrogens is 383 g/mol. The van der Waals surface area contributed by atoms with Gasteiger partial charge in [0.05, 0.1) is 31.6 Å². The van der Waals surface area contributed by atoms with Gasteiger partial charge in [0.25, 0.3) is 0 Å². The summed E-state index contributed by atoms with van der Waals surface area (Å²) in [5, 5.41) is 4.14. The Hall–Kier alpha value is -0.950. The Balaban J connectivity index is 2.08. The minimum atomic E-state index is 0.476. The van der Waals surface area contributed by atoms with Gasteiger partial charge in [0.15, 0.2) is 0 Å². The molecule has 1 aliphatic heterocycles. The van der Waals surface area contributed by atoms with Gasteiger partial charge in [-0.2, -0.15) is 8.73 Å². The summed E-state index contributed by atoms with van der Waals surface area (Å²) in [6.07, 6.45) is 1.77. The second-order valence-corrected chi connectivity index (χ2v) is 6.34. The molecule has 8 heteroatoms. The summed E-state index contributed by atoms with van der Waals surface area (Å²) in [6, 6.07) is 3.62. The quantitative estimate of drug-likeness (QED) is 0.590. The Labute approximate surface area is 137 Å². The van der Waals surface area contributed by atoms with Gasteiger partial charge in [-0.25, -0.2) is 4.98 Å². The topological polar surface area (TPSA) is 49.6 Å². The molecule has 1 aliphatic rings. The highest BCUT2D eigenvalue weighted by Crippen LogP contribution is 2.48. The molecule has 102 valence electrons. The van der Waals surface area contributed by atoms with Crippen LogP contribution in [0.2, 0.25) is 10.0 Å². The normalized spacial score (nSPS) is 12.2. The van der Waals surface area contributed by atoms with Crippen molar-refractivity contribution in [1.29, 1.82) is 0 Å². The lowest BCUT2D eigenvalue weighted by Crippen LogP contribution is -1.96. The Morgan fingerprint density at radius 2 is 1.90 bits per heavy atom. The van der Waals surface area contributed by atoms with E-state index in [2.05, 4.69) is 35.0 Å². The van der Waals surface area contributed by atoms with Crippen LogP contribution in [-0.2, 0) is 11.4 Å². The van der Waals surface area contributed by atoms with E-state index in [0.717, 1.165) is 21.4 Å². The third-order valence-electron chi connectivity index (χ3n) is 2.67. The fourth-order valence-corrected chi connectivity index (χ4v) is 3.46. The van der Waals surface area contributed by atoms with E-state index >= 15 is 0 Å². The van der Waals surface area contributed by atoms with Gasteiger partial charge in [-0.05, 0) is 40.5 Å². The average molecular weight is 390 g/mol. The first kappa shape index (κ1) is 14.0. The number of benzene rings is 1. The number of fused-ring (bicyclic) bond motifs is 1. The first-order valence-corrected chi connectivity index (χ1v) is 7.83. The highest BCUT2D eigenvalue weighted by atomic mass is 79.9. The lowest BCUT2D eigenvalue weighted by atomic mass is 10.2. The molecule has 0 atom stereocenters. The monoisotopic (exact) mass is 388 g/mol. The molecule has 4 nitrogen and oxygen atoms in total. The minimum absolute atomic E-state index is 0.476. The van der Waals surface area contributed by atoms with Crippen molar-refractivity contribution in [2.75, 3.05) is 5.32 Å². The number of hydrogen-bond acceptors (Lipinski definition) is 4. The van der Waals surface area contributed by atoms with E-state index in [1.807, 2.05) is 13.0 Å². The van der Waals surface area contributed by atoms with Crippen molar-refractivity contribution in [3.63, 3.8) is 0 Å². The lowest BCUT2D eigenvalue weighted by molar-refractivity contribution is 1.24. The van der Waals surface area contributed by atoms with Crippen LogP contribution in [-0.4, -0.2) is 4.98 Å². The number of nitrogens with zero attached hydrogens (tertiary/aromatic N) is 3. The van der Waals surface area contributed by atoms with Gasteiger partial charge in [-0.15, -0.1) is 0 Å². The van der Waals surface area contributed by atoms with E-state index in [1.165, 1.54) is 0 Å². The first-order valence-electron chi connectivity index (χ1n) is 5.55. The summed E-state index contributed by atoms with van der Waals surface area (Å²) in [6.45, 7) is 1.97. The number of aromatic nitrogens is 1. The molecule has 0 fully saturated rings. The second-order valence-electron chi connectivity index (χ2n) is 4.14. The van der Waals surface area contributed by atoms with E-state index in [1.54, 1.807) is 12.3 Å². The van der Waals surface area contributed by atoms with Crippen molar-refractivity contribution < 1.29 is 0 Å². The molecule has 0 saturated carbocycles. The van der Waals surface area contributed by atoms with Gasteiger partial charge in [0.1, 0.15) is 17.2 Å². The Morgan fingerprint density at radius 1 is 1.15 bits per heavy atom. The zero-order valence-corrected chi connectivity index (χ0v) is 14.0. The van der Waals surface area contributed by atoms with Crippen molar-refractivity contribution in [2.24, 2.45) is 8.73 Å². The maximum absolute atomic E-state index is 6.25.